The van der Waals surface area contributed by atoms with Gasteiger partial charge in [-0.3, -0.25) is 35.9 Å². The van der Waals surface area contributed by atoms with E-state index in [2.05, 4.69) is 16.2 Å². The summed E-state index contributed by atoms with van der Waals surface area (Å²) in [6.07, 6.45) is 0. The second-order valence-corrected chi connectivity index (χ2v) is 6.80. The molecule has 9 nitrogen and oxygen atoms in total. The summed E-state index contributed by atoms with van der Waals surface area (Å²) in [4.78, 5) is 34.3. The Hall–Kier alpha value is -3.53. The summed E-state index contributed by atoms with van der Waals surface area (Å²) in [6.45, 7) is 4.65. The molecule has 2 amide bonds. The van der Waals surface area contributed by atoms with Gasteiger partial charge in [-0.2, -0.15) is 0 Å². The highest BCUT2D eigenvalue weighted by atomic mass is 32.1. The molecule has 29 heavy (non-hydrogen) atoms. The minimum absolute atomic E-state index is 0.106. The largest absolute Gasteiger partial charge is 0.493 e. The van der Waals surface area contributed by atoms with Gasteiger partial charge in [0.1, 0.15) is 5.75 Å². The molecule has 0 saturated carbocycles. The molecule has 2 aromatic rings. The molecule has 0 atom stereocenters. The van der Waals surface area contributed by atoms with Crippen molar-refractivity contribution in [3.63, 3.8) is 0 Å². The first kappa shape index (κ1) is 21.8. The van der Waals surface area contributed by atoms with Crippen LogP contribution in [-0.4, -0.2) is 28.5 Å². The van der Waals surface area contributed by atoms with Gasteiger partial charge >= 0.3 is 0 Å². The monoisotopic (exact) mass is 416 g/mol. The Labute approximate surface area is 172 Å². The number of nitro groups is 1. The van der Waals surface area contributed by atoms with Gasteiger partial charge in [0.15, 0.2) is 5.11 Å². The van der Waals surface area contributed by atoms with Gasteiger partial charge < -0.3 is 4.74 Å². The smallest absolute Gasteiger partial charge is 0.269 e. The molecule has 2 rings (SSSR count). The Balaban J connectivity index is 1.82. The molecule has 3 N–H and O–H groups in total. The van der Waals surface area contributed by atoms with E-state index in [4.69, 9.17) is 17.0 Å². The lowest BCUT2D eigenvalue weighted by Gasteiger charge is -2.11. The summed E-state index contributed by atoms with van der Waals surface area (Å²) in [5.74, 6) is 0.0274. The van der Waals surface area contributed by atoms with E-state index in [0.717, 1.165) is 0 Å². The molecular weight excluding hydrogens is 396 g/mol. The Morgan fingerprint density at radius 2 is 1.55 bits per heavy atom. The summed E-state index contributed by atoms with van der Waals surface area (Å²) in [7, 11) is 0. The SMILES string of the molecule is CC(C)COc1ccc(C(=O)NC(=S)NNC(=O)c2ccc([N+](=O)[O-])cc2)cc1. The molecule has 10 heteroatoms. The van der Waals surface area contributed by atoms with Crippen molar-refractivity contribution in [2.45, 2.75) is 13.8 Å². The van der Waals surface area contributed by atoms with Crippen molar-refractivity contribution in [1.82, 2.24) is 16.2 Å². The number of carbonyl (C=O) groups excluding carboxylic acids is 2. The maximum Gasteiger partial charge on any atom is 0.269 e. The minimum Gasteiger partial charge on any atom is -0.493 e. The van der Waals surface area contributed by atoms with Crippen LogP contribution in [0, 0.1) is 16.0 Å². The highest BCUT2D eigenvalue weighted by molar-refractivity contribution is 7.80. The number of thiocarbonyl (C=S) groups is 1. The van der Waals surface area contributed by atoms with Crippen LogP contribution in [0.2, 0.25) is 0 Å². The van der Waals surface area contributed by atoms with Gasteiger partial charge in [-0.25, -0.2) is 0 Å². The predicted molar refractivity (Wildman–Crippen MR) is 111 cm³/mol. The van der Waals surface area contributed by atoms with Gasteiger partial charge in [-0.15, -0.1) is 0 Å². The highest BCUT2D eigenvalue weighted by Crippen LogP contribution is 2.13. The number of nitro benzene ring substituents is 1. The molecule has 0 unspecified atom stereocenters. The zero-order chi connectivity index (χ0) is 21.4. The van der Waals surface area contributed by atoms with Gasteiger partial charge in [0.25, 0.3) is 17.5 Å². The minimum atomic E-state index is -0.567. The van der Waals surface area contributed by atoms with Crippen molar-refractivity contribution < 1.29 is 19.2 Å². The number of nitrogens with zero attached hydrogens (tertiary/aromatic N) is 1. The van der Waals surface area contributed by atoms with Crippen LogP contribution >= 0.6 is 12.2 Å². The number of hydrogen-bond donors (Lipinski definition) is 3. The maximum atomic E-state index is 12.2. The van der Waals surface area contributed by atoms with Crippen LogP contribution < -0.4 is 20.9 Å². The molecule has 2 aromatic carbocycles. The Morgan fingerprint density at radius 1 is 1.00 bits per heavy atom. The van der Waals surface area contributed by atoms with Crippen LogP contribution in [0.3, 0.4) is 0 Å². The quantitative estimate of drug-likeness (QED) is 0.376. The van der Waals surface area contributed by atoms with Crippen molar-refractivity contribution in [3.05, 3.63) is 69.8 Å². The Bertz CT molecular complexity index is 898. The number of hydrogen-bond acceptors (Lipinski definition) is 6. The topological polar surface area (TPSA) is 123 Å². The lowest BCUT2D eigenvalue weighted by Crippen LogP contribution is -2.48. The van der Waals surface area contributed by atoms with Gasteiger partial charge in [-0.05, 0) is 54.5 Å². The van der Waals surface area contributed by atoms with Crippen molar-refractivity contribution in [3.8, 4) is 5.75 Å². The van der Waals surface area contributed by atoms with Gasteiger partial charge in [0, 0.05) is 23.3 Å². The van der Waals surface area contributed by atoms with Crippen molar-refractivity contribution in [2.75, 3.05) is 6.61 Å². The molecule has 152 valence electrons. The lowest BCUT2D eigenvalue weighted by atomic mass is 10.2. The Kier molecular flexibility index (Phi) is 7.61. The molecule has 0 aliphatic heterocycles. The summed E-state index contributed by atoms with van der Waals surface area (Å²) in [5.41, 5.74) is 5.14. The molecule has 0 heterocycles. The molecule has 0 radical (unpaired) electrons. The average Bonchev–Trinajstić information content (AvgIpc) is 2.70. The van der Waals surface area contributed by atoms with Crippen LogP contribution in [0.25, 0.3) is 0 Å². The third kappa shape index (κ3) is 6.85. The Morgan fingerprint density at radius 3 is 2.10 bits per heavy atom. The first-order valence-electron chi connectivity index (χ1n) is 8.65. The third-order valence-electron chi connectivity index (χ3n) is 3.56. The number of carbonyl (C=O) groups is 2. The van der Waals surface area contributed by atoms with E-state index >= 15 is 0 Å². The maximum absolute atomic E-state index is 12.2. The predicted octanol–water partition coefficient (Wildman–Crippen LogP) is 2.58. The van der Waals surface area contributed by atoms with E-state index in [-0.39, 0.29) is 16.4 Å². The van der Waals surface area contributed by atoms with Crippen LogP contribution in [0.4, 0.5) is 5.69 Å². The lowest BCUT2D eigenvalue weighted by molar-refractivity contribution is -0.384. The van der Waals surface area contributed by atoms with Gasteiger partial charge in [-0.1, -0.05) is 13.8 Å². The van der Waals surface area contributed by atoms with Gasteiger partial charge in [0.2, 0.25) is 0 Å². The fraction of sp³-hybridized carbons (Fsp3) is 0.211. The molecule has 0 aliphatic rings. The van der Waals surface area contributed by atoms with Crippen molar-refractivity contribution in [2.24, 2.45) is 5.92 Å². The number of amides is 2. The zero-order valence-corrected chi connectivity index (χ0v) is 16.6. The molecule has 0 fully saturated rings. The molecular formula is C19H20N4O5S. The van der Waals surface area contributed by atoms with Crippen molar-refractivity contribution >= 4 is 34.8 Å². The fourth-order valence-electron chi connectivity index (χ4n) is 2.09. The fourth-order valence-corrected chi connectivity index (χ4v) is 2.24. The van der Waals surface area contributed by atoms with Crippen LogP contribution in [0.5, 0.6) is 5.75 Å². The van der Waals surface area contributed by atoms with E-state index in [0.29, 0.717) is 23.8 Å². The number of nitrogens with one attached hydrogen (secondary N) is 3. The van der Waals surface area contributed by atoms with Gasteiger partial charge in [0.05, 0.1) is 11.5 Å². The van der Waals surface area contributed by atoms with Crippen molar-refractivity contribution in [1.29, 1.82) is 0 Å². The summed E-state index contributed by atoms with van der Waals surface area (Å²) in [5, 5.41) is 13.0. The van der Waals surface area contributed by atoms with E-state index in [1.54, 1.807) is 24.3 Å². The molecule has 0 aliphatic carbocycles. The van der Waals surface area contributed by atoms with E-state index in [1.165, 1.54) is 24.3 Å². The number of non-ortho nitro benzene ring substituents is 1. The second-order valence-electron chi connectivity index (χ2n) is 6.40. The standard InChI is InChI=1S/C19H20N4O5S/c1-12(2)11-28-16-9-5-13(6-10-16)17(24)20-19(29)22-21-18(25)14-3-7-15(8-4-14)23(26)27/h3-10,12H,11H2,1-2H3,(H,21,25)(H2,20,22,24,29). The summed E-state index contributed by atoms with van der Waals surface area (Å²) in [6, 6.07) is 11.6. The number of ether oxygens (including phenoxy) is 1. The van der Waals surface area contributed by atoms with E-state index in [9.17, 15) is 19.7 Å². The van der Waals surface area contributed by atoms with Crippen LogP contribution in [-0.2, 0) is 0 Å². The van der Waals surface area contributed by atoms with E-state index in [1.807, 2.05) is 13.8 Å². The normalized spacial score (nSPS) is 10.2. The third-order valence-corrected chi connectivity index (χ3v) is 3.76. The molecule has 0 bridgehead atoms. The average molecular weight is 416 g/mol. The van der Waals surface area contributed by atoms with Crippen LogP contribution in [0.1, 0.15) is 34.6 Å². The first-order valence-corrected chi connectivity index (χ1v) is 9.06. The first-order chi connectivity index (χ1) is 13.8. The number of benzene rings is 2. The highest BCUT2D eigenvalue weighted by Gasteiger charge is 2.11. The molecule has 0 aromatic heterocycles. The number of rotatable bonds is 6. The zero-order valence-electron chi connectivity index (χ0n) is 15.8. The van der Waals surface area contributed by atoms with E-state index < -0.39 is 16.7 Å². The second kappa shape index (κ2) is 10.1. The van der Waals surface area contributed by atoms with Crippen LogP contribution in [0.15, 0.2) is 48.5 Å². The summed E-state index contributed by atoms with van der Waals surface area (Å²) < 4.78 is 5.56. The molecule has 0 saturated heterocycles. The molecule has 0 spiro atoms. The summed E-state index contributed by atoms with van der Waals surface area (Å²) >= 11 is 4.98. The number of hydrazine groups is 1.